The molecule has 2 aromatic rings. The standard InChI is InChI=1S/C15H18N2O3S/c1-3-21(18,19)17(12-13-5-4-10-16-11-13)14-6-8-15(20-2)9-7-14/h4-11H,3,12H2,1-2H3. The highest BCUT2D eigenvalue weighted by Gasteiger charge is 2.21. The van der Waals surface area contributed by atoms with Crippen LogP contribution in [-0.4, -0.2) is 26.3 Å². The van der Waals surface area contributed by atoms with Crippen LogP contribution in [0.3, 0.4) is 0 Å². The highest BCUT2D eigenvalue weighted by Crippen LogP contribution is 2.24. The minimum Gasteiger partial charge on any atom is -0.497 e. The monoisotopic (exact) mass is 306 g/mol. The maximum atomic E-state index is 12.3. The highest BCUT2D eigenvalue weighted by molar-refractivity contribution is 7.92. The van der Waals surface area contributed by atoms with E-state index >= 15 is 0 Å². The second-order valence-electron chi connectivity index (χ2n) is 4.47. The number of hydrogen-bond acceptors (Lipinski definition) is 4. The lowest BCUT2D eigenvalue weighted by Gasteiger charge is -2.24. The molecular weight excluding hydrogens is 288 g/mol. The molecule has 0 radical (unpaired) electrons. The number of pyridine rings is 1. The Morgan fingerprint density at radius 1 is 1.19 bits per heavy atom. The van der Waals surface area contributed by atoms with Crippen molar-refractivity contribution in [3.63, 3.8) is 0 Å². The fourth-order valence-electron chi connectivity index (χ4n) is 1.91. The molecule has 0 aliphatic carbocycles. The van der Waals surface area contributed by atoms with Crippen LogP contribution in [0.2, 0.25) is 0 Å². The van der Waals surface area contributed by atoms with Crippen molar-refractivity contribution in [2.45, 2.75) is 13.5 Å². The molecule has 0 atom stereocenters. The molecular formula is C15H18N2O3S. The van der Waals surface area contributed by atoms with Crippen LogP contribution in [0.15, 0.2) is 48.8 Å². The smallest absolute Gasteiger partial charge is 0.235 e. The zero-order valence-corrected chi connectivity index (χ0v) is 12.9. The van der Waals surface area contributed by atoms with E-state index in [9.17, 15) is 8.42 Å². The molecule has 0 unspecified atom stereocenters. The Labute approximate surface area is 125 Å². The highest BCUT2D eigenvalue weighted by atomic mass is 32.2. The van der Waals surface area contributed by atoms with Crippen LogP contribution in [0.5, 0.6) is 5.75 Å². The summed E-state index contributed by atoms with van der Waals surface area (Å²) >= 11 is 0. The van der Waals surface area contributed by atoms with Gasteiger partial charge in [0.05, 0.1) is 25.1 Å². The average molecular weight is 306 g/mol. The molecule has 0 saturated carbocycles. The van der Waals surface area contributed by atoms with Gasteiger partial charge in [-0.25, -0.2) is 8.42 Å². The average Bonchev–Trinajstić information content (AvgIpc) is 2.53. The quantitative estimate of drug-likeness (QED) is 0.822. The van der Waals surface area contributed by atoms with Gasteiger partial charge in [0.25, 0.3) is 0 Å². The molecule has 0 aliphatic heterocycles. The van der Waals surface area contributed by atoms with Crippen molar-refractivity contribution in [2.24, 2.45) is 0 Å². The SMILES string of the molecule is CCS(=O)(=O)N(Cc1cccnc1)c1ccc(OC)cc1. The van der Waals surface area contributed by atoms with Gasteiger partial charge in [-0.15, -0.1) is 0 Å². The van der Waals surface area contributed by atoms with Gasteiger partial charge in [-0.2, -0.15) is 0 Å². The minimum absolute atomic E-state index is 0.0410. The first kappa shape index (κ1) is 15.3. The first-order chi connectivity index (χ1) is 10.1. The number of hydrogen-bond donors (Lipinski definition) is 0. The van der Waals surface area contributed by atoms with Gasteiger partial charge >= 0.3 is 0 Å². The Bertz CT molecular complexity index is 670. The van der Waals surface area contributed by atoms with E-state index in [1.807, 2.05) is 6.07 Å². The Kier molecular flexibility index (Phi) is 4.80. The number of rotatable bonds is 6. The third kappa shape index (κ3) is 3.72. The van der Waals surface area contributed by atoms with E-state index in [0.717, 1.165) is 5.56 Å². The first-order valence-electron chi connectivity index (χ1n) is 6.60. The van der Waals surface area contributed by atoms with Gasteiger partial charge in [0.15, 0.2) is 0 Å². The summed E-state index contributed by atoms with van der Waals surface area (Å²) in [5.74, 6) is 0.730. The van der Waals surface area contributed by atoms with Gasteiger partial charge in [0.2, 0.25) is 10.0 Å². The fourth-order valence-corrected chi connectivity index (χ4v) is 3.01. The number of sulfonamides is 1. The number of aromatic nitrogens is 1. The molecule has 5 nitrogen and oxygen atoms in total. The topological polar surface area (TPSA) is 59.5 Å². The third-order valence-electron chi connectivity index (χ3n) is 3.11. The zero-order chi connectivity index (χ0) is 15.3. The molecule has 0 bridgehead atoms. The largest absolute Gasteiger partial charge is 0.497 e. The maximum absolute atomic E-state index is 12.3. The molecule has 21 heavy (non-hydrogen) atoms. The Balaban J connectivity index is 2.36. The zero-order valence-electron chi connectivity index (χ0n) is 12.1. The summed E-state index contributed by atoms with van der Waals surface area (Å²) < 4.78 is 31.2. The van der Waals surface area contributed by atoms with Gasteiger partial charge in [-0.05, 0) is 42.8 Å². The summed E-state index contributed by atoms with van der Waals surface area (Å²) in [6.07, 6.45) is 3.33. The summed E-state index contributed by atoms with van der Waals surface area (Å²) in [6.45, 7) is 1.89. The summed E-state index contributed by atoms with van der Waals surface area (Å²) in [4.78, 5) is 4.03. The summed E-state index contributed by atoms with van der Waals surface area (Å²) in [5.41, 5.74) is 1.45. The van der Waals surface area contributed by atoms with Gasteiger partial charge < -0.3 is 4.74 Å². The molecule has 1 aromatic heterocycles. The van der Waals surface area contributed by atoms with Crippen LogP contribution >= 0.6 is 0 Å². The van der Waals surface area contributed by atoms with Gasteiger partial charge in [-0.3, -0.25) is 9.29 Å². The molecule has 0 fully saturated rings. The molecule has 0 amide bonds. The van der Waals surface area contributed by atoms with E-state index in [2.05, 4.69) is 4.98 Å². The van der Waals surface area contributed by atoms with Crippen LogP contribution in [-0.2, 0) is 16.6 Å². The van der Waals surface area contributed by atoms with Gasteiger partial charge in [0, 0.05) is 12.4 Å². The van der Waals surface area contributed by atoms with Crippen molar-refractivity contribution in [1.82, 2.24) is 4.98 Å². The Morgan fingerprint density at radius 2 is 1.90 bits per heavy atom. The van der Waals surface area contributed by atoms with Crippen LogP contribution in [0, 0.1) is 0 Å². The van der Waals surface area contributed by atoms with Crippen molar-refractivity contribution in [1.29, 1.82) is 0 Å². The van der Waals surface area contributed by atoms with Crippen molar-refractivity contribution in [2.75, 3.05) is 17.2 Å². The lowest BCUT2D eigenvalue weighted by Crippen LogP contribution is -2.31. The molecule has 1 aromatic carbocycles. The van der Waals surface area contributed by atoms with Crippen LogP contribution < -0.4 is 9.04 Å². The lowest BCUT2D eigenvalue weighted by atomic mass is 10.2. The lowest BCUT2D eigenvalue weighted by molar-refractivity contribution is 0.415. The van der Waals surface area contributed by atoms with Gasteiger partial charge in [-0.1, -0.05) is 6.07 Å². The third-order valence-corrected chi connectivity index (χ3v) is 4.85. The molecule has 1 heterocycles. The normalized spacial score (nSPS) is 11.1. The Morgan fingerprint density at radius 3 is 2.43 bits per heavy atom. The van der Waals surface area contributed by atoms with E-state index in [1.165, 1.54) is 4.31 Å². The van der Waals surface area contributed by atoms with Crippen molar-refractivity contribution in [3.05, 3.63) is 54.4 Å². The molecule has 0 N–H and O–H groups in total. The summed E-state index contributed by atoms with van der Waals surface area (Å²) in [5, 5.41) is 0. The summed E-state index contributed by atoms with van der Waals surface area (Å²) in [7, 11) is -1.79. The molecule has 0 spiro atoms. The number of anilines is 1. The van der Waals surface area contributed by atoms with E-state index in [-0.39, 0.29) is 12.3 Å². The van der Waals surface area contributed by atoms with E-state index in [1.54, 1.807) is 56.8 Å². The van der Waals surface area contributed by atoms with Crippen molar-refractivity contribution < 1.29 is 13.2 Å². The van der Waals surface area contributed by atoms with E-state index in [0.29, 0.717) is 11.4 Å². The number of nitrogens with zero attached hydrogens (tertiary/aromatic N) is 2. The van der Waals surface area contributed by atoms with Crippen LogP contribution in [0.1, 0.15) is 12.5 Å². The number of methoxy groups -OCH3 is 1. The number of ether oxygens (including phenoxy) is 1. The first-order valence-corrected chi connectivity index (χ1v) is 8.21. The number of benzene rings is 1. The second-order valence-corrected chi connectivity index (χ2v) is 6.65. The fraction of sp³-hybridized carbons (Fsp3) is 0.267. The molecule has 0 aliphatic rings. The van der Waals surface area contributed by atoms with Gasteiger partial charge in [0.1, 0.15) is 5.75 Å². The Hall–Kier alpha value is -2.08. The minimum atomic E-state index is -3.37. The summed E-state index contributed by atoms with van der Waals surface area (Å²) in [6, 6.07) is 10.6. The maximum Gasteiger partial charge on any atom is 0.235 e. The van der Waals surface area contributed by atoms with Crippen LogP contribution in [0.4, 0.5) is 5.69 Å². The van der Waals surface area contributed by atoms with Crippen LogP contribution in [0.25, 0.3) is 0 Å². The predicted molar refractivity (Wildman–Crippen MR) is 82.9 cm³/mol. The van der Waals surface area contributed by atoms with E-state index < -0.39 is 10.0 Å². The predicted octanol–water partition coefficient (Wildman–Crippen LogP) is 2.45. The molecule has 2 rings (SSSR count). The van der Waals surface area contributed by atoms with E-state index in [4.69, 9.17) is 4.74 Å². The molecule has 112 valence electrons. The molecule has 6 heteroatoms. The molecule has 0 saturated heterocycles. The van der Waals surface area contributed by atoms with Crippen molar-refractivity contribution >= 4 is 15.7 Å². The second kappa shape index (κ2) is 6.58. The van der Waals surface area contributed by atoms with Crippen molar-refractivity contribution in [3.8, 4) is 5.75 Å².